The van der Waals surface area contributed by atoms with Gasteiger partial charge in [-0.1, -0.05) is 96.5 Å². The molecule has 0 radical (unpaired) electrons. The Balaban J connectivity index is 0.000000133. The van der Waals surface area contributed by atoms with Crippen LogP contribution >= 0.6 is 11.6 Å². The maximum Gasteiger partial charge on any atom is 0.349 e. The summed E-state index contributed by atoms with van der Waals surface area (Å²) < 4.78 is 47.2. The zero-order valence-corrected chi connectivity index (χ0v) is 69.1. The number of fused-ring (bicyclic) bond motifs is 9. The molecule has 0 spiro atoms. The van der Waals surface area contributed by atoms with E-state index in [1.807, 2.05) is 142 Å². The maximum atomic E-state index is 13.4. The molecular formula is C90H86ClF3N20O8. The lowest BCUT2D eigenvalue weighted by Crippen LogP contribution is -2.30. The van der Waals surface area contributed by atoms with E-state index in [0.717, 1.165) is 84.3 Å². The molecule has 622 valence electrons. The molecular weight excluding hydrogens is 1580 g/mol. The number of aromatic nitrogens is 16. The topological polar surface area (TPSA) is 371 Å². The lowest BCUT2D eigenvalue weighted by molar-refractivity contribution is 0.505. The number of benzene rings is 9. The minimum Gasteiger partial charge on any atom is -0.321 e. The number of rotatable bonds is 20. The van der Waals surface area contributed by atoms with E-state index in [9.17, 15) is 51.5 Å². The van der Waals surface area contributed by atoms with E-state index < -0.39 is 62.4 Å². The second kappa shape index (κ2) is 36.5. The van der Waals surface area contributed by atoms with Crippen LogP contribution in [0.25, 0.3) is 101 Å². The molecule has 32 heteroatoms. The van der Waals surface area contributed by atoms with Crippen LogP contribution in [-0.2, 0) is 39.3 Å². The number of nitrogens with zero attached hydrogens (tertiary/aromatic N) is 12. The summed E-state index contributed by atoms with van der Waals surface area (Å²) in [5.41, 5.74) is 14.0. The van der Waals surface area contributed by atoms with Crippen LogP contribution in [0.4, 0.5) is 13.2 Å². The Hall–Kier alpha value is -13.7. The van der Waals surface area contributed by atoms with Crippen molar-refractivity contribution in [2.24, 2.45) is 0 Å². The number of halogens is 4. The van der Waals surface area contributed by atoms with Gasteiger partial charge in [0.05, 0.1) is 49.2 Å². The summed E-state index contributed by atoms with van der Waals surface area (Å²) in [7, 11) is 0. The minimum absolute atomic E-state index is 0.0760. The Morgan fingerprint density at radius 3 is 1.07 bits per heavy atom. The summed E-state index contributed by atoms with van der Waals surface area (Å²) in [4.78, 5) is 140. The maximum absolute atomic E-state index is 13.4. The fourth-order valence-electron chi connectivity index (χ4n) is 14.6. The summed E-state index contributed by atoms with van der Waals surface area (Å²) in [5.74, 6) is -1.18. The number of nitrogens with one attached hydrogen (secondary N) is 8. The van der Waals surface area contributed by atoms with E-state index in [-0.39, 0.29) is 51.5 Å². The molecule has 0 aliphatic carbocycles. The fourth-order valence-corrected chi connectivity index (χ4v) is 14.8. The molecule has 8 aliphatic rings. The number of aromatic amines is 4. The van der Waals surface area contributed by atoms with Crippen molar-refractivity contribution in [2.75, 3.05) is 26.2 Å². The summed E-state index contributed by atoms with van der Waals surface area (Å²) in [5, 5.41) is 16.0. The van der Waals surface area contributed by atoms with E-state index in [1.54, 1.807) is 16.7 Å². The zero-order chi connectivity index (χ0) is 86.5. The lowest BCUT2D eigenvalue weighted by Gasteiger charge is -2.20. The molecule has 0 saturated carbocycles. The predicted molar refractivity (Wildman–Crippen MR) is 466 cm³/mol. The third-order valence-electron chi connectivity index (χ3n) is 21.7. The van der Waals surface area contributed by atoms with E-state index in [0.29, 0.717) is 105 Å². The van der Waals surface area contributed by atoms with E-state index >= 15 is 0 Å². The molecule has 28 nitrogen and oxygen atoms in total. The fraction of sp³-hybridized carbons (Fsp3) is 0.244. The van der Waals surface area contributed by atoms with Gasteiger partial charge in [0.2, 0.25) is 0 Å². The summed E-state index contributed by atoms with van der Waals surface area (Å²) >= 11 is 5.83. The summed E-state index contributed by atoms with van der Waals surface area (Å²) in [6.45, 7) is 25.2. The van der Waals surface area contributed by atoms with Gasteiger partial charge in [0.25, 0.3) is 22.2 Å². The molecule has 8 heterocycles. The van der Waals surface area contributed by atoms with Crippen molar-refractivity contribution in [2.45, 2.75) is 121 Å². The van der Waals surface area contributed by atoms with Crippen LogP contribution in [0.5, 0.6) is 0 Å². The molecule has 17 rings (SSSR count). The highest BCUT2D eigenvalue weighted by Gasteiger charge is 2.25. The standard InChI is InChI=1S/C26H25N5O2.C22H23N5O2.C21H19ClFN5O2.C21H19F2N5O2/c1-15-13-21-22(14-16(15)2)31(24-23(28-21)25(32)30-26(33)29-24)12-11-27-17(3)19-10-6-8-18-7-4-5-9-20(18)19;1-13-11-17-18(12-14(13)2)27(20-19(24-17)21(28)26-22(29)25-20)10-9-23-15(3)16-7-5-4-6-8-16;1-11-7-16-17(8-12(11)2)28(19-18(25-16)20(29)27-21(30)26-19)6-5-24-10-13-3-4-15(23)14(22)9-13;1-11-7-16-17(8-12(11)2)28(19-18(25-16)20(29)27-21(30)26-19)6-5-24-10-13-3-4-14(22)15(23)9-13/h4-10,13-14,17,27H,11-12H2,1-3H3,(H,30,32,33);4-8,11-12,15,23H,9-10H2,1-3H3,(H,26,28,29);2*3-4,7-9,24H,5-6,10H2,1-2H3,(H,27,29,30). The SMILES string of the molecule is Cc1cc2nc3c(=O)[nH]c(=O)nc-3n(CCNC(C)c3cccc4ccccc34)c2cc1C.Cc1cc2nc3c(=O)[nH]c(=O)nc-3n(CCNC(C)c3ccccc3)c2cc1C.Cc1cc2nc3c(=O)[nH]c(=O)nc-3n(CCNCc3ccc(F)c(Cl)c3)c2cc1C.Cc1cc2nc3c(=O)[nH]c(=O)nc-3n(CCNCc3ccc(F)c(F)c3)c2cc1C. The van der Waals surface area contributed by atoms with Gasteiger partial charge in [-0.05, 0) is 220 Å². The lowest BCUT2D eigenvalue weighted by atomic mass is 10.00. The molecule has 2 atom stereocenters. The average molecular weight is 1670 g/mol. The van der Waals surface area contributed by atoms with Gasteiger partial charge in [-0.2, -0.15) is 19.9 Å². The molecule has 0 fully saturated rings. The number of hydrogen-bond acceptors (Lipinski definition) is 20. The average Bonchev–Trinajstić information content (AvgIpc) is 0.761. The minimum atomic E-state index is -0.896. The first-order valence-corrected chi connectivity index (χ1v) is 39.9. The van der Waals surface area contributed by atoms with Gasteiger partial charge in [-0.15, -0.1) is 0 Å². The molecule has 122 heavy (non-hydrogen) atoms. The monoisotopic (exact) mass is 1670 g/mol. The molecule has 0 amide bonds. The van der Waals surface area contributed by atoms with Crippen LogP contribution in [0.2, 0.25) is 5.02 Å². The molecule has 2 unspecified atom stereocenters. The Kier molecular flexibility index (Phi) is 25.3. The predicted octanol–water partition coefficient (Wildman–Crippen LogP) is 11.3. The Labute approximate surface area is 698 Å². The third-order valence-corrected chi connectivity index (χ3v) is 22.0. The van der Waals surface area contributed by atoms with Gasteiger partial charge in [-0.3, -0.25) is 39.1 Å². The van der Waals surface area contributed by atoms with Crippen LogP contribution in [0.3, 0.4) is 0 Å². The van der Waals surface area contributed by atoms with Crippen LogP contribution in [-0.4, -0.2) is 104 Å². The third kappa shape index (κ3) is 18.7. The van der Waals surface area contributed by atoms with Gasteiger partial charge in [-0.25, -0.2) is 52.3 Å². The zero-order valence-electron chi connectivity index (χ0n) is 68.4. The highest BCUT2D eigenvalue weighted by Crippen LogP contribution is 2.31. The molecule has 9 aromatic rings. The normalized spacial score (nSPS) is 12.0. The van der Waals surface area contributed by atoms with Gasteiger partial charge >= 0.3 is 22.8 Å². The number of hydrogen-bond donors (Lipinski definition) is 8. The van der Waals surface area contributed by atoms with Crippen molar-refractivity contribution < 1.29 is 13.2 Å². The molecule has 0 aromatic heterocycles. The van der Waals surface area contributed by atoms with Gasteiger partial charge in [0.15, 0.2) is 57.7 Å². The molecule has 8 aliphatic heterocycles. The van der Waals surface area contributed by atoms with Crippen molar-refractivity contribution in [3.8, 4) is 46.1 Å². The Morgan fingerprint density at radius 2 is 0.689 bits per heavy atom. The van der Waals surface area contributed by atoms with Gasteiger partial charge < -0.3 is 39.5 Å². The van der Waals surface area contributed by atoms with Crippen LogP contribution in [0, 0.1) is 72.8 Å². The largest absolute Gasteiger partial charge is 0.349 e. The molecule has 0 bridgehead atoms. The van der Waals surface area contributed by atoms with E-state index in [1.165, 1.54) is 34.0 Å². The Morgan fingerprint density at radius 1 is 0.352 bits per heavy atom. The van der Waals surface area contributed by atoms with Crippen LogP contribution in [0.15, 0.2) is 196 Å². The van der Waals surface area contributed by atoms with Gasteiger partial charge in [0.1, 0.15) is 5.82 Å². The van der Waals surface area contributed by atoms with Crippen LogP contribution in [0.1, 0.15) is 92.7 Å². The van der Waals surface area contributed by atoms with Crippen molar-refractivity contribution in [3.05, 3.63) is 330 Å². The highest BCUT2D eigenvalue weighted by atomic mass is 35.5. The first-order valence-electron chi connectivity index (χ1n) is 39.5. The number of H-pyrrole nitrogens is 4. The van der Waals surface area contributed by atoms with Crippen molar-refractivity contribution in [1.29, 1.82) is 0 Å². The highest BCUT2D eigenvalue weighted by molar-refractivity contribution is 6.30. The van der Waals surface area contributed by atoms with E-state index in [4.69, 9.17) is 11.6 Å². The van der Waals surface area contributed by atoms with Crippen molar-refractivity contribution in [3.63, 3.8) is 0 Å². The van der Waals surface area contributed by atoms with E-state index in [2.05, 4.69) is 143 Å². The first kappa shape index (κ1) is 84.7. The first-order chi connectivity index (χ1) is 58.5. The van der Waals surface area contributed by atoms with Crippen LogP contribution < -0.4 is 66.3 Å². The van der Waals surface area contributed by atoms with Crippen molar-refractivity contribution in [1.82, 2.24) is 99.3 Å². The van der Waals surface area contributed by atoms with Crippen molar-refractivity contribution >= 4 is 66.5 Å². The second-order valence-corrected chi connectivity index (χ2v) is 30.5. The quantitative estimate of drug-likeness (QED) is 0.0259. The Bertz CT molecular complexity index is 7040. The second-order valence-electron chi connectivity index (χ2n) is 30.1. The summed E-state index contributed by atoms with van der Waals surface area (Å²) in [6.07, 6.45) is 0. The summed E-state index contributed by atoms with van der Waals surface area (Å²) in [6, 6.07) is 49.2. The number of aryl methyl sites for hydroxylation is 8. The van der Waals surface area contributed by atoms with Gasteiger partial charge in [0, 0.05) is 77.5 Å². The smallest absolute Gasteiger partial charge is 0.321 e. The molecule has 0 saturated heterocycles. The molecule has 8 N–H and O–H groups in total. The molecule has 9 aromatic carbocycles.